The van der Waals surface area contributed by atoms with E-state index < -0.39 is 0 Å². The van der Waals surface area contributed by atoms with Crippen LogP contribution in [-0.2, 0) is 0 Å². The van der Waals surface area contributed by atoms with Crippen LogP contribution in [0.1, 0.15) is 0 Å². The highest BCUT2D eigenvalue weighted by Crippen LogP contribution is 2.39. The summed E-state index contributed by atoms with van der Waals surface area (Å²) in [7, 11) is -0.464. The van der Waals surface area contributed by atoms with Gasteiger partial charge in [0.05, 0.1) is 19.0 Å². The third-order valence-electron chi connectivity index (χ3n) is 7.29. The standard InChI is InChI=1S/C32H28Si2/c1-33-31-19-17-27(23-11-5-7-13-29(23)31)25-15-16-26(22-10-4-3-9-21(22)25)28-18-20-32(34-2)30-14-8-6-12-24(28)30/h3-20H,33-34H2,1-2H3. The zero-order chi connectivity index (χ0) is 23.1. The van der Waals surface area contributed by atoms with Gasteiger partial charge in [0.25, 0.3) is 0 Å². The molecule has 0 bridgehead atoms. The lowest BCUT2D eigenvalue weighted by Gasteiger charge is -2.17. The van der Waals surface area contributed by atoms with Crippen molar-refractivity contribution in [3.05, 3.63) is 109 Å². The first-order chi connectivity index (χ1) is 16.8. The van der Waals surface area contributed by atoms with Crippen LogP contribution in [0.15, 0.2) is 109 Å². The topological polar surface area (TPSA) is 0 Å². The van der Waals surface area contributed by atoms with E-state index in [0.717, 1.165) is 0 Å². The molecule has 6 rings (SSSR count). The van der Waals surface area contributed by atoms with E-state index in [2.05, 4.69) is 122 Å². The van der Waals surface area contributed by atoms with E-state index in [1.165, 1.54) is 54.6 Å². The summed E-state index contributed by atoms with van der Waals surface area (Å²) in [6.45, 7) is 4.75. The number of fused-ring (bicyclic) bond motifs is 3. The Labute approximate surface area is 205 Å². The van der Waals surface area contributed by atoms with E-state index in [1.807, 2.05) is 0 Å². The normalized spacial score (nSPS) is 12.2. The van der Waals surface area contributed by atoms with Crippen LogP contribution < -0.4 is 10.4 Å². The van der Waals surface area contributed by atoms with Crippen molar-refractivity contribution in [3.8, 4) is 22.3 Å². The Balaban J connectivity index is 1.64. The fraction of sp³-hybridized carbons (Fsp3) is 0.0625. The fourth-order valence-corrected chi connectivity index (χ4v) is 7.66. The monoisotopic (exact) mass is 468 g/mol. The second kappa shape index (κ2) is 8.71. The number of benzene rings is 6. The van der Waals surface area contributed by atoms with Gasteiger partial charge in [-0.05, 0) is 54.6 Å². The molecule has 0 heterocycles. The van der Waals surface area contributed by atoms with Gasteiger partial charge in [-0.1, -0.05) is 133 Å². The molecule has 0 nitrogen and oxygen atoms in total. The lowest BCUT2D eigenvalue weighted by molar-refractivity contribution is 1.67. The summed E-state index contributed by atoms with van der Waals surface area (Å²) in [5.74, 6) is 0. The first-order valence-electron chi connectivity index (χ1n) is 12.3. The van der Waals surface area contributed by atoms with Gasteiger partial charge >= 0.3 is 0 Å². The maximum Gasteiger partial charge on any atom is 0.0525 e. The molecule has 0 atom stereocenters. The fourth-order valence-electron chi connectivity index (χ4n) is 5.58. The van der Waals surface area contributed by atoms with Gasteiger partial charge in [-0.3, -0.25) is 0 Å². The minimum absolute atomic E-state index is 0.232. The van der Waals surface area contributed by atoms with E-state index in [1.54, 1.807) is 10.4 Å². The molecular weight excluding hydrogens is 441 g/mol. The van der Waals surface area contributed by atoms with Gasteiger partial charge in [-0.25, -0.2) is 0 Å². The quantitative estimate of drug-likeness (QED) is 0.272. The molecular formula is C32H28Si2. The van der Waals surface area contributed by atoms with Crippen LogP contribution in [0.4, 0.5) is 0 Å². The molecule has 0 aliphatic carbocycles. The Morgan fingerprint density at radius 3 is 0.912 bits per heavy atom. The highest BCUT2D eigenvalue weighted by molar-refractivity contribution is 6.56. The molecule has 0 N–H and O–H groups in total. The van der Waals surface area contributed by atoms with Crippen LogP contribution in [0.3, 0.4) is 0 Å². The average molecular weight is 469 g/mol. The highest BCUT2D eigenvalue weighted by atomic mass is 28.2. The Morgan fingerprint density at radius 1 is 0.324 bits per heavy atom. The van der Waals surface area contributed by atoms with Crippen LogP contribution in [0, 0.1) is 0 Å². The van der Waals surface area contributed by atoms with Crippen LogP contribution in [0.2, 0.25) is 13.1 Å². The zero-order valence-electron chi connectivity index (χ0n) is 19.8. The minimum Gasteiger partial charge on any atom is -0.0708 e. The SMILES string of the molecule is C[SiH2]c1ccc(-c2ccc(-c3ccc([SiH2]C)c4ccccc34)c3ccccc23)c2ccccc12. The van der Waals surface area contributed by atoms with Crippen molar-refractivity contribution >= 4 is 61.7 Å². The minimum atomic E-state index is -0.232. The van der Waals surface area contributed by atoms with Crippen molar-refractivity contribution in [1.29, 1.82) is 0 Å². The van der Waals surface area contributed by atoms with Crippen molar-refractivity contribution < 1.29 is 0 Å². The molecule has 34 heavy (non-hydrogen) atoms. The van der Waals surface area contributed by atoms with Crippen LogP contribution >= 0.6 is 0 Å². The molecule has 0 fully saturated rings. The van der Waals surface area contributed by atoms with E-state index in [4.69, 9.17) is 0 Å². The van der Waals surface area contributed by atoms with Crippen molar-refractivity contribution in [2.75, 3.05) is 0 Å². The van der Waals surface area contributed by atoms with Crippen LogP contribution in [-0.4, -0.2) is 19.0 Å². The summed E-state index contributed by atoms with van der Waals surface area (Å²) in [4.78, 5) is 0. The van der Waals surface area contributed by atoms with Crippen molar-refractivity contribution in [2.45, 2.75) is 13.1 Å². The van der Waals surface area contributed by atoms with Gasteiger partial charge in [0.15, 0.2) is 0 Å². The predicted molar refractivity (Wildman–Crippen MR) is 158 cm³/mol. The Kier molecular flexibility index (Phi) is 5.41. The lowest BCUT2D eigenvalue weighted by atomic mass is 9.88. The molecule has 6 aromatic rings. The zero-order valence-corrected chi connectivity index (χ0v) is 22.6. The Hall–Kier alpha value is -3.47. The third kappa shape index (κ3) is 3.34. The molecule has 0 aromatic heterocycles. The van der Waals surface area contributed by atoms with Gasteiger partial charge in [-0.2, -0.15) is 0 Å². The lowest BCUT2D eigenvalue weighted by Crippen LogP contribution is -2.11. The summed E-state index contributed by atoms with van der Waals surface area (Å²) >= 11 is 0. The van der Waals surface area contributed by atoms with E-state index in [0.29, 0.717) is 0 Å². The maximum atomic E-state index is 2.38. The summed E-state index contributed by atoms with van der Waals surface area (Å²) in [5, 5.41) is 11.3. The number of hydrogen-bond donors (Lipinski definition) is 0. The molecule has 0 saturated heterocycles. The molecule has 164 valence electrons. The maximum absolute atomic E-state index is 2.38. The smallest absolute Gasteiger partial charge is 0.0525 e. The van der Waals surface area contributed by atoms with E-state index >= 15 is 0 Å². The first kappa shape index (κ1) is 21.1. The summed E-state index contributed by atoms with van der Waals surface area (Å²) in [6.07, 6.45) is 0. The largest absolute Gasteiger partial charge is 0.0708 e. The molecule has 2 heteroatoms. The molecule has 6 aromatic carbocycles. The average Bonchev–Trinajstić information content (AvgIpc) is 2.91. The van der Waals surface area contributed by atoms with Gasteiger partial charge in [0.2, 0.25) is 0 Å². The second-order valence-electron chi connectivity index (χ2n) is 9.05. The van der Waals surface area contributed by atoms with Crippen molar-refractivity contribution in [1.82, 2.24) is 0 Å². The van der Waals surface area contributed by atoms with E-state index in [9.17, 15) is 0 Å². The molecule has 0 spiro atoms. The predicted octanol–water partition coefficient (Wildman–Crippen LogP) is 6.16. The molecule has 0 saturated carbocycles. The highest BCUT2D eigenvalue weighted by Gasteiger charge is 2.14. The summed E-state index contributed by atoms with van der Waals surface area (Å²) in [5.41, 5.74) is 5.31. The second-order valence-corrected chi connectivity index (χ2v) is 12.0. The van der Waals surface area contributed by atoms with Crippen molar-refractivity contribution in [3.63, 3.8) is 0 Å². The molecule has 0 radical (unpaired) electrons. The molecule has 0 unspecified atom stereocenters. The van der Waals surface area contributed by atoms with Gasteiger partial charge in [-0.15, -0.1) is 0 Å². The molecule has 0 aliphatic rings. The van der Waals surface area contributed by atoms with Gasteiger partial charge in [0, 0.05) is 0 Å². The number of hydrogen-bond acceptors (Lipinski definition) is 0. The summed E-state index contributed by atoms with van der Waals surface area (Å²) in [6, 6.07) is 41.0. The van der Waals surface area contributed by atoms with E-state index in [-0.39, 0.29) is 19.0 Å². The molecule has 0 amide bonds. The summed E-state index contributed by atoms with van der Waals surface area (Å²) < 4.78 is 0. The Bertz CT molecular complexity index is 1550. The van der Waals surface area contributed by atoms with Crippen LogP contribution in [0.25, 0.3) is 54.6 Å². The van der Waals surface area contributed by atoms with Gasteiger partial charge < -0.3 is 0 Å². The first-order valence-corrected chi connectivity index (χ1v) is 16.6. The Morgan fingerprint density at radius 2 is 0.588 bits per heavy atom. The molecule has 0 aliphatic heterocycles. The number of rotatable bonds is 4. The van der Waals surface area contributed by atoms with Gasteiger partial charge in [0.1, 0.15) is 0 Å². The van der Waals surface area contributed by atoms with Crippen molar-refractivity contribution in [2.24, 2.45) is 0 Å². The third-order valence-corrected chi connectivity index (χ3v) is 10.1. The van der Waals surface area contributed by atoms with Crippen LogP contribution in [0.5, 0.6) is 0 Å².